The Bertz CT molecular complexity index is 799. The van der Waals surface area contributed by atoms with E-state index in [1.54, 1.807) is 13.8 Å². The van der Waals surface area contributed by atoms with E-state index in [2.05, 4.69) is 17.1 Å². The van der Waals surface area contributed by atoms with Gasteiger partial charge in [-0.1, -0.05) is 6.42 Å². The molecule has 1 amide bonds. The first-order chi connectivity index (χ1) is 14.2. The largest absolute Gasteiger partial charge is 0.450 e. The first-order valence-corrected chi connectivity index (χ1v) is 12.8. The van der Waals surface area contributed by atoms with Crippen LogP contribution in [0.4, 0.5) is 0 Å². The number of esters is 1. The van der Waals surface area contributed by atoms with Crippen LogP contribution in [-0.2, 0) is 24.3 Å². The second kappa shape index (κ2) is 9.36. The molecule has 2 fully saturated rings. The zero-order valence-electron chi connectivity index (χ0n) is 18.4. The quantitative estimate of drug-likeness (QED) is 0.474. The van der Waals surface area contributed by atoms with Crippen LogP contribution in [0, 0.1) is 0 Å². The lowest BCUT2D eigenvalue weighted by atomic mass is 9.83. The van der Waals surface area contributed by atoms with Crippen molar-refractivity contribution in [2.45, 2.75) is 70.9 Å². The molecule has 8 nitrogen and oxygen atoms in total. The first-order valence-electron chi connectivity index (χ1n) is 11.1. The minimum absolute atomic E-state index is 0.0393. The Kier molecular flexibility index (Phi) is 7.24. The van der Waals surface area contributed by atoms with E-state index in [9.17, 15) is 18.0 Å². The van der Waals surface area contributed by atoms with Gasteiger partial charge in [-0.3, -0.25) is 4.79 Å². The number of carbonyl (C=O) groups excluding carboxylic acids is 2. The molecule has 0 aromatic rings. The standard InChI is InChI=1S/C21H35N3O5S/c1-4-30(27,28)24-14-9-21(10-15-24)18(17(3)20(26)29-21)19(25)22-11-7-13-23-12-6-5-8-16(23)2/h16H,4-15H2,1-3H3,(H,22,25)/t16-/m0/s1. The van der Waals surface area contributed by atoms with Crippen molar-refractivity contribution in [2.24, 2.45) is 0 Å². The fourth-order valence-electron chi connectivity index (χ4n) is 4.85. The maximum absolute atomic E-state index is 13.0. The Morgan fingerprint density at radius 3 is 2.57 bits per heavy atom. The first kappa shape index (κ1) is 23.2. The summed E-state index contributed by atoms with van der Waals surface area (Å²) < 4.78 is 31.4. The summed E-state index contributed by atoms with van der Waals surface area (Å²) in [5, 5.41) is 2.97. The van der Waals surface area contributed by atoms with E-state index in [4.69, 9.17) is 4.74 Å². The molecule has 3 aliphatic rings. The average Bonchev–Trinajstić information content (AvgIpc) is 2.96. The number of hydrogen-bond acceptors (Lipinski definition) is 6. The second-order valence-corrected chi connectivity index (χ2v) is 10.9. The van der Waals surface area contributed by atoms with Gasteiger partial charge >= 0.3 is 5.97 Å². The molecule has 1 spiro atoms. The molecule has 0 aliphatic carbocycles. The molecule has 3 aliphatic heterocycles. The number of amides is 1. The number of nitrogens with one attached hydrogen (secondary N) is 1. The van der Waals surface area contributed by atoms with Crippen molar-refractivity contribution in [2.75, 3.05) is 38.5 Å². The molecule has 9 heteroatoms. The highest BCUT2D eigenvalue weighted by Gasteiger charge is 2.51. The van der Waals surface area contributed by atoms with Crippen molar-refractivity contribution in [3.63, 3.8) is 0 Å². The van der Waals surface area contributed by atoms with Gasteiger partial charge < -0.3 is 15.0 Å². The summed E-state index contributed by atoms with van der Waals surface area (Å²) in [4.78, 5) is 27.7. The third kappa shape index (κ3) is 4.73. The van der Waals surface area contributed by atoms with Crippen molar-refractivity contribution < 1.29 is 22.7 Å². The van der Waals surface area contributed by atoms with Gasteiger partial charge in [0.1, 0.15) is 5.60 Å². The monoisotopic (exact) mass is 441 g/mol. The molecule has 30 heavy (non-hydrogen) atoms. The van der Waals surface area contributed by atoms with E-state index in [0.29, 0.717) is 36.6 Å². The third-order valence-electron chi connectivity index (χ3n) is 6.79. The Balaban J connectivity index is 1.59. The Hall–Kier alpha value is -1.45. The van der Waals surface area contributed by atoms with Crippen LogP contribution in [0.2, 0.25) is 0 Å². The van der Waals surface area contributed by atoms with Crippen LogP contribution in [-0.4, -0.2) is 79.6 Å². The van der Waals surface area contributed by atoms with Gasteiger partial charge in [0.05, 0.1) is 11.3 Å². The van der Waals surface area contributed by atoms with E-state index >= 15 is 0 Å². The van der Waals surface area contributed by atoms with Gasteiger partial charge in [-0.15, -0.1) is 0 Å². The van der Waals surface area contributed by atoms with E-state index in [1.165, 1.54) is 23.6 Å². The molecule has 1 N–H and O–H groups in total. The summed E-state index contributed by atoms with van der Waals surface area (Å²) >= 11 is 0. The van der Waals surface area contributed by atoms with Crippen LogP contribution in [0.25, 0.3) is 0 Å². The Labute approximate surface area is 180 Å². The molecule has 0 bridgehead atoms. The highest BCUT2D eigenvalue weighted by Crippen LogP contribution is 2.41. The lowest BCUT2D eigenvalue weighted by Crippen LogP contribution is -2.50. The predicted octanol–water partition coefficient (Wildman–Crippen LogP) is 1.42. The van der Waals surface area contributed by atoms with Crippen molar-refractivity contribution >= 4 is 21.9 Å². The maximum atomic E-state index is 13.0. The number of rotatable bonds is 7. The number of likely N-dealkylation sites (tertiary alicyclic amines) is 1. The normalized spacial score (nSPS) is 25.6. The number of nitrogens with zero attached hydrogens (tertiary/aromatic N) is 2. The SMILES string of the molecule is CCS(=O)(=O)N1CCC2(CC1)OC(=O)C(C)=C2C(=O)NCCCN1CCCC[C@@H]1C. The fraction of sp³-hybridized carbons (Fsp3) is 0.810. The molecule has 3 heterocycles. The van der Waals surface area contributed by atoms with E-state index in [-0.39, 0.29) is 24.7 Å². The summed E-state index contributed by atoms with van der Waals surface area (Å²) in [5.41, 5.74) is -0.289. The van der Waals surface area contributed by atoms with Crippen LogP contribution in [0.5, 0.6) is 0 Å². The smallest absolute Gasteiger partial charge is 0.335 e. The highest BCUT2D eigenvalue weighted by molar-refractivity contribution is 7.89. The van der Waals surface area contributed by atoms with E-state index in [0.717, 1.165) is 19.5 Å². The average molecular weight is 442 g/mol. The molecule has 0 saturated carbocycles. The highest BCUT2D eigenvalue weighted by atomic mass is 32.2. The summed E-state index contributed by atoms with van der Waals surface area (Å²) in [6.45, 7) is 8.59. The summed E-state index contributed by atoms with van der Waals surface area (Å²) in [6.07, 6.45) is 5.22. The van der Waals surface area contributed by atoms with Gasteiger partial charge in [0.15, 0.2) is 0 Å². The summed E-state index contributed by atoms with van der Waals surface area (Å²) in [6, 6.07) is 0.591. The second-order valence-electron chi connectivity index (χ2n) is 8.67. The van der Waals surface area contributed by atoms with Crippen molar-refractivity contribution in [1.82, 2.24) is 14.5 Å². The molecule has 0 unspecified atom stereocenters. The number of hydrogen-bond donors (Lipinski definition) is 1. The number of carbonyl (C=O) groups is 2. The number of ether oxygens (including phenoxy) is 1. The van der Waals surface area contributed by atoms with E-state index < -0.39 is 21.6 Å². The van der Waals surface area contributed by atoms with Gasteiger partial charge in [0.2, 0.25) is 10.0 Å². The van der Waals surface area contributed by atoms with Crippen LogP contribution >= 0.6 is 0 Å². The van der Waals surface area contributed by atoms with E-state index in [1.807, 2.05) is 0 Å². The molecule has 0 aromatic carbocycles. The molecule has 170 valence electrons. The number of piperidine rings is 2. The van der Waals surface area contributed by atoms with Gasteiger partial charge in [-0.05, 0) is 46.6 Å². The van der Waals surface area contributed by atoms with Crippen LogP contribution in [0.1, 0.15) is 59.3 Å². The molecule has 2 saturated heterocycles. The molecule has 0 aromatic heterocycles. The molecule has 0 radical (unpaired) electrons. The minimum atomic E-state index is -3.29. The summed E-state index contributed by atoms with van der Waals surface area (Å²) in [5.74, 6) is -0.705. The van der Waals surface area contributed by atoms with Gasteiger partial charge in [-0.2, -0.15) is 0 Å². The van der Waals surface area contributed by atoms with Crippen molar-refractivity contribution in [1.29, 1.82) is 0 Å². The lowest BCUT2D eigenvalue weighted by Gasteiger charge is -2.38. The van der Waals surface area contributed by atoms with Crippen molar-refractivity contribution in [3.8, 4) is 0 Å². The van der Waals surface area contributed by atoms with Gasteiger partial charge in [-0.25, -0.2) is 17.5 Å². The zero-order chi connectivity index (χ0) is 21.9. The van der Waals surface area contributed by atoms with Crippen LogP contribution < -0.4 is 5.32 Å². The molecular weight excluding hydrogens is 406 g/mol. The Morgan fingerprint density at radius 1 is 1.23 bits per heavy atom. The molecule has 3 rings (SSSR count). The van der Waals surface area contributed by atoms with Crippen LogP contribution in [0.3, 0.4) is 0 Å². The third-order valence-corrected chi connectivity index (χ3v) is 8.67. The number of sulfonamides is 1. The van der Waals surface area contributed by atoms with Crippen LogP contribution in [0.15, 0.2) is 11.1 Å². The fourth-order valence-corrected chi connectivity index (χ4v) is 5.95. The summed E-state index contributed by atoms with van der Waals surface area (Å²) in [7, 11) is -3.29. The maximum Gasteiger partial charge on any atom is 0.335 e. The van der Waals surface area contributed by atoms with Gasteiger partial charge in [0.25, 0.3) is 5.91 Å². The topological polar surface area (TPSA) is 96.0 Å². The molecule has 1 atom stereocenters. The predicted molar refractivity (Wildman–Crippen MR) is 114 cm³/mol. The minimum Gasteiger partial charge on any atom is -0.450 e. The zero-order valence-corrected chi connectivity index (χ0v) is 19.2. The van der Waals surface area contributed by atoms with Gasteiger partial charge in [0, 0.05) is 50.6 Å². The lowest BCUT2D eigenvalue weighted by molar-refractivity contribution is -0.150. The van der Waals surface area contributed by atoms with Crippen molar-refractivity contribution in [3.05, 3.63) is 11.1 Å². The Morgan fingerprint density at radius 2 is 1.93 bits per heavy atom. The molecular formula is C21H35N3O5S.